The number of aromatic nitrogens is 2. The van der Waals surface area contributed by atoms with Gasteiger partial charge in [0.05, 0.1) is 12.0 Å². The van der Waals surface area contributed by atoms with Crippen molar-refractivity contribution in [2.45, 2.75) is 29.9 Å². The number of amides is 1. The molecule has 1 fully saturated rings. The number of furan rings is 1. The van der Waals surface area contributed by atoms with Gasteiger partial charge in [-0.2, -0.15) is 0 Å². The van der Waals surface area contributed by atoms with Crippen LogP contribution in [0.2, 0.25) is 0 Å². The molecule has 0 bridgehead atoms. The molecule has 1 atom stereocenters. The van der Waals surface area contributed by atoms with Gasteiger partial charge in [0.25, 0.3) is 5.91 Å². The van der Waals surface area contributed by atoms with Crippen molar-refractivity contribution in [3.05, 3.63) is 65.7 Å². The van der Waals surface area contributed by atoms with Crippen molar-refractivity contribution < 1.29 is 26.4 Å². The van der Waals surface area contributed by atoms with E-state index >= 15 is 0 Å². The summed E-state index contributed by atoms with van der Waals surface area (Å²) >= 11 is 0. The van der Waals surface area contributed by atoms with Crippen LogP contribution in [0.3, 0.4) is 0 Å². The molecule has 0 N–H and O–H groups in total. The smallest absolute Gasteiger partial charge is 0.335 e. The van der Waals surface area contributed by atoms with Crippen LogP contribution >= 0.6 is 0 Å². The number of rotatable bonds is 5. The molecule has 1 saturated heterocycles. The Kier molecular flexibility index (Phi) is 4.71. The Morgan fingerprint density at radius 3 is 2.71 bits per heavy atom. The summed E-state index contributed by atoms with van der Waals surface area (Å²) in [6, 6.07) is 7.78. The van der Waals surface area contributed by atoms with Crippen molar-refractivity contribution in [1.82, 2.24) is 15.1 Å². The van der Waals surface area contributed by atoms with Gasteiger partial charge in [0, 0.05) is 6.54 Å². The minimum atomic E-state index is -3.90. The summed E-state index contributed by atoms with van der Waals surface area (Å²) < 4.78 is 48.6. The van der Waals surface area contributed by atoms with Crippen LogP contribution in [0.5, 0.6) is 0 Å². The fraction of sp³-hybridized carbons (Fsp3) is 0.278. The molecule has 10 heteroatoms. The molecule has 8 nitrogen and oxygen atoms in total. The molecule has 28 heavy (non-hydrogen) atoms. The van der Waals surface area contributed by atoms with Gasteiger partial charge in [-0.25, -0.2) is 12.8 Å². The lowest BCUT2D eigenvalue weighted by Gasteiger charge is -2.20. The van der Waals surface area contributed by atoms with Crippen LogP contribution in [0.15, 0.2) is 56.7 Å². The number of nitrogens with zero attached hydrogens (tertiary/aromatic N) is 3. The maximum Gasteiger partial charge on any atom is 0.335 e. The van der Waals surface area contributed by atoms with E-state index < -0.39 is 32.7 Å². The van der Waals surface area contributed by atoms with Gasteiger partial charge < -0.3 is 13.7 Å². The fourth-order valence-corrected chi connectivity index (χ4v) is 4.28. The summed E-state index contributed by atoms with van der Waals surface area (Å²) in [5, 5.41) is 6.99. The summed E-state index contributed by atoms with van der Waals surface area (Å²) in [7, 11) is -3.90. The molecule has 2 aromatic heterocycles. The number of benzene rings is 1. The van der Waals surface area contributed by atoms with Crippen molar-refractivity contribution in [2.24, 2.45) is 0 Å². The Bertz CT molecular complexity index is 1080. The van der Waals surface area contributed by atoms with Crippen LogP contribution in [-0.4, -0.2) is 36.0 Å². The SMILES string of the molecule is O=C(c1ccco1)N1CCC[C@H]1c1nnc(S(=O)(=O)Cc2ccc(F)cc2)o1. The number of carbonyl (C=O) groups is 1. The first kappa shape index (κ1) is 18.4. The molecule has 1 aliphatic rings. The van der Waals surface area contributed by atoms with Gasteiger partial charge in [-0.05, 0) is 42.7 Å². The van der Waals surface area contributed by atoms with Gasteiger partial charge in [0.1, 0.15) is 11.9 Å². The van der Waals surface area contributed by atoms with E-state index in [4.69, 9.17) is 8.83 Å². The van der Waals surface area contributed by atoms with Crippen molar-refractivity contribution >= 4 is 15.7 Å². The number of hydrogen-bond donors (Lipinski definition) is 0. The molecule has 146 valence electrons. The van der Waals surface area contributed by atoms with E-state index in [2.05, 4.69) is 10.2 Å². The quantitative estimate of drug-likeness (QED) is 0.642. The Hall–Kier alpha value is -3.01. The van der Waals surface area contributed by atoms with E-state index in [1.54, 1.807) is 12.1 Å². The second-order valence-electron chi connectivity index (χ2n) is 6.43. The monoisotopic (exact) mass is 405 g/mol. The maximum absolute atomic E-state index is 13.0. The first-order chi connectivity index (χ1) is 13.4. The predicted octanol–water partition coefficient (Wildman–Crippen LogP) is 2.75. The van der Waals surface area contributed by atoms with E-state index in [0.717, 1.165) is 6.42 Å². The van der Waals surface area contributed by atoms with Crippen LogP contribution in [-0.2, 0) is 15.6 Å². The Morgan fingerprint density at radius 1 is 1.21 bits per heavy atom. The van der Waals surface area contributed by atoms with Crippen LogP contribution < -0.4 is 0 Å². The maximum atomic E-state index is 13.0. The average molecular weight is 405 g/mol. The summed E-state index contributed by atoms with van der Waals surface area (Å²) in [6.45, 7) is 0.476. The lowest BCUT2D eigenvalue weighted by atomic mass is 10.2. The average Bonchev–Trinajstić information content (AvgIpc) is 3.42. The molecular weight excluding hydrogens is 389 g/mol. The zero-order chi connectivity index (χ0) is 19.7. The Labute approximate surface area is 159 Å². The third kappa shape index (κ3) is 3.55. The van der Waals surface area contributed by atoms with E-state index in [-0.39, 0.29) is 17.6 Å². The summed E-state index contributed by atoms with van der Waals surface area (Å²) in [5.74, 6) is -0.912. The molecule has 0 unspecified atom stereocenters. The normalized spacial score (nSPS) is 17.2. The highest BCUT2D eigenvalue weighted by atomic mass is 32.2. The highest BCUT2D eigenvalue weighted by Crippen LogP contribution is 2.33. The molecule has 0 spiro atoms. The first-order valence-corrected chi connectivity index (χ1v) is 10.2. The predicted molar refractivity (Wildman–Crippen MR) is 93.3 cm³/mol. The zero-order valence-corrected chi connectivity index (χ0v) is 15.4. The van der Waals surface area contributed by atoms with Crippen LogP contribution in [0.1, 0.15) is 40.9 Å². The third-order valence-electron chi connectivity index (χ3n) is 4.49. The van der Waals surface area contributed by atoms with Crippen LogP contribution in [0, 0.1) is 5.82 Å². The minimum absolute atomic E-state index is 0.0649. The minimum Gasteiger partial charge on any atom is -0.459 e. The number of carbonyl (C=O) groups excluding carboxylic acids is 1. The molecule has 3 aromatic rings. The molecule has 4 rings (SSSR count). The molecule has 1 amide bonds. The van der Waals surface area contributed by atoms with Crippen molar-refractivity contribution in [3.63, 3.8) is 0 Å². The molecule has 1 aromatic carbocycles. The van der Waals surface area contributed by atoms with Gasteiger partial charge in [0.2, 0.25) is 15.7 Å². The third-order valence-corrected chi connectivity index (χ3v) is 5.90. The van der Waals surface area contributed by atoms with Gasteiger partial charge in [-0.3, -0.25) is 4.79 Å². The molecule has 0 saturated carbocycles. The van der Waals surface area contributed by atoms with Crippen molar-refractivity contribution in [1.29, 1.82) is 0 Å². The van der Waals surface area contributed by atoms with E-state index in [1.165, 1.54) is 35.4 Å². The summed E-state index contributed by atoms with van der Waals surface area (Å²) in [4.78, 5) is 14.1. The van der Waals surface area contributed by atoms with Crippen LogP contribution in [0.4, 0.5) is 4.39 Å². The van der Waals surface area contributed by atoms with Gasteiger partial charge >= 0.3 is 5.22 Å². The standard InChI is InChI=1S/C18H16FN3O5S/c19-13-7-5-12(6-8-13)11-28(24,25)18-21-20-16(27-18)14-3-1-9-22(14)17(23)15-4-2-10-26-15/h2,4-8,10,14H,1,3,9,11H2/t14-/m0/s1. The number of hydrogen-bond acceptors (Lipinski definition) is 7. The first-order valence-electron chi connectivity index (χ1n) is 8.59. The molecule has 0 aliphatic carbocycles. The molecule has 0 radical (unpaired) electrons. The van der Waals surface area contributed by atoms with E-state index in [0.29, 0.717) is 18.5 Å². The lowest BCUT2D eigenvalue weighted by Crippen LogP contribution is -2.30. The summed E-state index contributed by atoms with van der Waals surface area (Å²) in [5.41, 5.74) is 0.400. The molecule has 3 heterocycles. The largest absolute Gasteiger partial charge is 0.459 e. The van der Waals surface area contributed by atoms with Gasteiger partial charge in [-0.1, -0.05) is 17.2 Å². The highest BCUT2D eigenvalue weighted by Gasteiger charge is 2.36. The zero-order valence-electron chi connectivity index (χ0n) is 14.6. The summed E-state index contributed by atoms with van der Waals surface area (Å²) in [6.07, 6.45) is 2.70. The Balaban J connectivity index is 1.54. The lowest BCUT2D eigenvalue weighted by molar-refractivity contribution is 0.0680. The number of sulfone groups is 1. The van der Waals surface area contributed by atoms with Crippen molar-refractivity contribution in [3.8, 4) is 0 Å². The van der Waals surface area contributed by atoms with Gasteiger partial charge in [0.15, 0.2) is 5.76 Å². The van der Waals surface area contributed by atoms with Crippen LogP contribution in [0.25, 0.3) is 0 Å². The molecule has 1 aliphatic heterocycles. The second-order valence-corrected chi connectivity index (χ2v) is 8.29. The van der Waals surface area contributed by atoms with Crippen molar-refractivity contribution in [2.75, 3.05) is 6.54 Å². The van der Waals surface area contributed by atoms with Gasteiger partial charge in [-0.15, -0.1) is 5.10 Å². The fourth-order valence-electron chi connectivity index (χ4n) is 3.15. The second kappa shape index (κ2) is 7.19. The number of likely N-dealkylation sites (tertiary alicyclic amines) is 1. The van der Waals surface area contributed by atoms with E-state index in [9.17, 15) is 17.6 Å². The topological polar surface area (TPSA) is 107 Å². The number of halogens is 1. The highest BCUT2D eigenvalue weighted by molar-refractivity contribution is 7.90. The Morgan fingerprint density at radius 2 is 2.00 bits per heavy atom. The molecular formula is C18H16FN3O5S. The van der Waals surface area contributed by atoms with E-state index in [1.807, 2.05) is 0 Å².